The number of benzene rings is 2. The number of hydrogen-bond donors (Lipinski definition) is 2. The van der Waals surface area contributed by atoms with Crippen LogP contribution in [0.3, 0.4) is 0 Å². The molecule has 0 spiro atoms. The number of halogens is 1. The number of hydrogen-bond acceptors (Lipinski definition) is 4. The minimum absolute atomic E-state index is 0.0682. The van der Waals surface area contributed by atoms with Gasteiger partial charge in [-0.05, 0) is 37.6 Å². The van der Waals surface area contributed by atoms with Crippen molar-refractivity contribution >= 4 is 16.7 Å². The topological polar surface area (TPSA) is 84.2 Å². The minimum Gasteiger partial charge on any atom is -0.387 e. The van der Waals surface area contributed by atoms with Crippen LogP contribution < -0.4 is 10.9 Å². The molecule has 0 aliphatic carbocycles. The van der Waals surface area contributed by atoms with E-state index in [4.69, 9.17) is 0 Å². The van der Waals surface area contributed by atoms with E-state index in [2.05, 4.69) is 10.4 Å². The number of nitrogens with one attached hydrogen (secondary N) is 1. The summed E-state index contributed by atoms with van der Waals surface area (Å²) < 4.78 is 14.3. The molecule has 1 unspecified atom stereocenters. The number of amides is 1. The first-order valence-corrected chi connectivity index (χ1v) is 8.61. The summed E-state index contributed by atoms with van der Waals surface area (Å²) in [6.07, 6.45) is -0.989. The van der Waals surface area contributed by atoms with E-state index in [9.17, 15) is 19.1 Å². The van der Waals surface area contributed by atoms with Crippen LogP contribution in [0.15, 0.2) is 53.3 Å². The van der Waals surface area contributed by atoms with Crippen molar-refractivity contribution < 1.29 is 14.3 Å². The summed E-state index contributed by atoms with van der Waals surface area (Å²) >= 11 is 0. The molecule has 0 aliphatic rings. The van der Waals surface area contributed by atoms with E-state index in [0.29, 0.717) is 16.3 Å². The van der Waals surface area contributed by atoms with Gasteiger partial charge in [0.25, 0.3) is 11.5 Å². The summed E-state index contributed by atoms with van der Waals surface area (Å²) in [4.78, 5) is 25.2. The largest absolute Gasteiger partial charge is 0.387 e. The Kier molecular flexibility index (Phi) is 5.32. The van der Waals surface area contributed by atoms with Crippen molar-refractivity contribution in [3.8, 4) is 0 Å². The highest BCUT2D eigenvalue weighted by Gasteiger charge is 2.18. The Morgan fingerprint density at radius 3 is 2.41 bits per heavy atom. The molecular weight excluding hydrogens is 349 g/mol. The summed E-state index contributed by atoms with van der Waals surface area (Å²) in [5, 5.41) is 17.9. The molecule has 140 valence electrons. The highest BCUT2D eigenvalue weighted by Crippen LogP contribution is 2.16. The average Bonchev–Trinajstić information content (AvgIpc) is 2.66. The zero-order valence-corrected chi connectivity index (χ0v) is 15.0. The maximum absolute atomic E-state index is 13.0. The third-order valence-electron chi connectivity index (χ3n) is 4.24. The van der Waals surface area contributed by atoms with Crippen molar-refractivity contribution in [2.45, 2.75) is 26.0 Å². The van der Waals surface area contributed by atoms with Crippen LogP contribution in [0.25, 0.3) is 10.8 Å². The first-order chi connectivity index (χ1) is 12.9. The van der Waals surface area contributed by atoms with Gasteiger partial charge < -0.3 is 10.4 Å². The molecular formula is C20H20FN3O3. The van der Waals surface area contributed by atoms with Crippen LogP contribution in [0.5, 0.6) is 0 Å². The fourth-order valence-corrected chi connectivity index (χ4v) is 2.80. The van der Waals surface area contributed by atoms with E-state index in [1.807, 2.05) is 13.8 Å². The van der Waals surface area contributed by atoms with Gasteiger partial charge in [-0.3, -0.25) is 9.59 Å². The monoisotopic (exact) mass is 369 g/mol. The number of carbonyl (C=O) groups is 1. The lowest BCUT2D eigenvalue weighted by Crippen LogP contribution is -2.33. The summed E-state index contributed by atoms with van der Waals surface area (Å²) in [6.45, 7) is 3.55. The van der Waals surface area contributed by atoms with E-state index in [1.54, 1.807) is 24.3 Å². The number of aliphatic hydroxyl groups excluding tert-OH is 1. The van der Waals surface area contributed by atoms with Crippen molar-refractivity contribution in [3.05, 3.63) is 76.0 Å². The molecule has 1 aromatic heterocycles. The maximum atomic E-state index is 13.0. The minimum atomic E-state index is -0.989. The second-order valence-electron chi connectivity index (χ2n) is 6.52. The van der Waals surface area contributed by atoms with Gasteiger partial charge in [-0.25, -0.2) is 9.07 Å². The Bertz CT molecular complexity index is 1030. The molecule has 7 heteroatoms. The van der Waals surface area contributed by atoms with Gasteiger partial charge in [-0.2, -0.15) is 5.10 Å². The van der Waals surface area contributed by atoms with Crippen molar-refractivity contribution in [2.75, 3.05) is 6.54 Å². The molecule has 0 saturated carbocycles. The van der Waals surface area contributed by atoms with Crippen molar-refractivity contribution in [2.24, 2.45) is 0 Å². The van der Waals surface area contributed by atoms with Gasteiger partial charge in [-0.15, -0.1) is 0 Å². The molecule has 27 heavy (non-hydrogen) atoms. The quantitative estimate of drug-likeness (QED) is 0.724. The first kappa shape index (κ1) is 18.7. The lowest BCUT2D eigenvalue weighted by Gasteiger charge is -2.15. The summed E-state index contributed by atoms with van der Waals surface area (Å²) in [5.74, 6) is -0.900. The molecule has 3 aromatic rings. The molecule has 2 aromatic carbocycles. The molecule has 1 atom stereocenters. The van der Waals surface area contributed by atoms with Crippen molar-refractivity contribution in [1.29, 1.82) is 0 Å². The van der Waals surface area contributed by atoms with Crippen LogP contribution in [0.2, 0.25) is 0 Å². The number of aliphatic hydroxyl groups is 1. The van der Waals surface area contributed by atoms with Gasteiger partial charge >= 0.3 is 0 Å². The Morgan fingerprint density at radius 2 is 1.78 bits per heavy atom. The van der Waals surface area contributed by atoms with Crippen LogP contribution in [-0.2, 0) is 0 Å². The van der Waals surface area contributed by atoms with Gasteiger partial charge in [0, 0.05) is 11.9 Å². The molecule has 0 aliphatic heterocycles. The Hall–Kier alpha value is -3.06. The molecule has 0 radical (unpaired) electrons. The highest BCUT2D eigenvalue weighted by molar-refractivity contribution is 6.04. The van der Waals surface area contributed by atoms with Crippen LogP contribution >= 0.6 is 0 Å². The van der Waals surface area contributed by atoms with Gasteiger partial charge in [0.05, 0.1) is 17.5 Å². The van der Waals surface area contributed by atoms with Gasteiger partial charge in [0.1, 0.15) is 5.82 Å². The molecule has 0 fully saturated rings. The summed E-state index contributed by atoms with van der Waals surface area (Å²) in [7, 11) is 0. The lowest BCUT2D eigenvalue weighted by molar-refractivity contribution is 0.0910. The third-order valence-corrected chi connectivity index (χ3v) is 4.24. The molecule has 3 rings (SSSR count). The van der Waals surface area contributed by atoms with E-state index < -0.39 is 17.8 Å². The third kappa shape index (κ3) is 3.88. The summed E-state index contributed by atoms with van der Waals surface area (Å²) in [5.41, 5.74) is 0.343. The van der Waals surface area contributed by atoms with Gasteiger partial charge in [-0.1, -0.05) is 30.3 Å². The van der Waals surface area contributed by atoms with Crippen LogP contribution in [0.4, 0.5) is 4.39 Å². The predicted molar refractivity (Wildman–Crippen MR) is 100 cm³/mol. The fraction of sp³-hybridized carbons (Fsp3) is 0.250. The zero-order chi connectivity index (χ0) is 19.6. The molecule has 0 saturated heterocycles. The smallest absolute Gasteiger partial charge is 0.274 e. The van der Waals surface area contributed by atoms with Gasteiger partial charge in [0.2, 0.25) is 0 Å². The average molecular weight is 369 g/mol. The van der Waals surface area contributed by atoms with Crippen LogP contribution in [0, 0.1) is 5.82 Å². The normalized spacial score (nSPS) is 12.3. The van der Waals surface area contributed by atoms with Crippen LogP contribution in [-0.4, -0.2) is 27.3 Å². The van der Waals surface area contributed by atoms with E-state index >= 15 is 0 Å². The second-order valence-corrected chi connectivity index (χ2v) is 6.52. The van der Waals surface area contributed by atoms with E-state index in [0.717, 1.165) is 0 Å². The highest BCUT2D eigenvalue weighted by atomic mass is 19.1. The lowest BCUT2D eigenvalue weighted by atomic mass is 10.1. The van der Waals surface area contributed by atoms with Gasteiger partial charge in [0.15, 0.2) is 5.69 Å². The molecule has 0 bridgehead atoms. The predicted octanol–water partition coefficient (Wildman–Crippen LogP) is 2.58. The Morgan fingerprint density at radius 1 is 1.15 bits per heavy atom. The molecule has 1 amide bonds. The number of rotatable bonds is 5. The number of carbonyl (C=O) groups excluding carboxylic acids is 1. The zero-order valence-electron chi connectivity index (χ0n) is 15.0. The maximum Gasteiger partial charge on any atom is 0.274 e. The summed E-state index contributed by atoms with van der Waals surface area (Å²) in [6, 6.07) is 12.0. The Balaban J connectivity index is 1.88. The number of aromatic nitrogens is 2. The van der Waals surface area contributed by atoms with E-state index in [-0.39, 0.29) is 23.8 Å². The Labute approximate surface area is 155 Å². The standard InChI is InChI=1S/C20H20FN3O3/c1-12(2)24-20(27)16-6-4-3-5-15(16)18(23-24)19(26)22-11-17(25)13-7-9-14(21)10-8-13/h3-10,12,17,25H,11H2,1-2H3,(H,22,26). The van der Waals surface area contributed by atoms with E-state index in [1.165, 1.54) is 28.9 Å². The molecule has 2 N–H and O–H groups in total. The molecule has 6 nitrogen and oxygen atoms in total. The first-order valence-electron chi connectivity index (χ1n) is 8.61. The molecule has 1 heterocycles. The SMILES string of the molecule is CC(C)n1nc(C(=O)NCC(O)c2ccc(F)cc2)c2ccccc2c1=O. The van der Waals surface area contributed by atoms with Crippen LogP contribution in [0.1, 0.15) is 42.0 Å². The van der Waals surface area contributed by atoms with Crippen molar-refractivity contribution in [1.82, 2.24) is 15.1 Å². The van der Waals surface area contributed by atoms with Crippen molar-refractivity contribution in [3.63, 3.8) is 0 Å². The number of nitrogens with zero attached hydrogens (tertiary/aromatic N) is 2. The fourth-order valence-electron chi connectivity index (χ4n) is 2.80. The number of fused-ring (bicyclic) bond motifs is 1. The second kappa shape index (κ2) is 7.67.